The summed E-state index contributed by atoms with van der Waals surface area (Å²) in [5.74, 6) is 0.825. The molecule has 0 atom stereocenters. The molecule has 0 radical (unpaired) electrons. The van der Waals surface area contributed by atoms with Crippen LogP contribution in [0, 0.1) is 0 Å². The molecule has 0 amide bonds. The van der Waals surface area contributed by atoms with Crippen molar-refractivity contribution in [1.82, 2.24) is 23.1 Å². The quantitative estimate of drug-likeness (QED) is 0.181. The molecule has 266 valence electrons. The summed E-state index contributed by atoms with van der Waals surface area (Å²) in [5.41, 5.74) is 15.0. The predicted molar refractivity (Wildman–Crippen MR) is 233 cm³/mol. The topological polar surface area (TPSA) is 45.2 Å². The molecule has 0 saturated carbocycles. The molecule has 0 N–H and O–H groups in total. The van der Waals surface area contributed by atoms with Gasteiger partial charge in [0.1, 0.15) is 11.1 Å². The van der Waals surface area contributed by atoms with Crippen molar-refractivity contribution < 1.29 is 4.42 Å². The highest BCUT2D eigenvalue weighted by Crippen LogP contribution is 2.40. The molecule has 8 aromatic carbocycles. The van der Waals surface area contributed by atoms with E-state index < -0.39 is 0 Å². The van der Waals surface area contributed by atoms with Crippen LogP contribution in [0.4, 0.5) is 0 Å². The van der Waals surface area contributed by atoms with Crippen molar-refractivity contribution in [2.75, 3.05) is 0 Å². The smallest absolute Gasteiger partial charge is 0.234 e. The predicted octanol–water partition coefficient (Wildman–Crippen LogP) is 13.0. The van der Waals surface area contributed by atoms with E-state index in [1.165, 1.54) is 43.7 Å². The monoisotopic (exact) mass is 729 g/mol. The number of hydrogen-bond acceptors (Lipinski definition) is 2. The lowest BCUT2D eigenvalue weighted by Crippen LogP contribution is -1.96. The van der Waals surface area contributed by atoms with E-state index in [0.29, 0.717) is 0 Å². The lowest BCUT2D eigenvalue weighted by atomic mass is 10.0. The minimum atomic E-state index is 0.761. The number of imidazole rings is 2. The van der Waals surface area contributed by atoms with Crippen LogP contribution in [-0.2, 0) is 0 Å². The van der Waals surface area contributed by atoms with Gasteiger partial charge in [0.05, 0.1) is 33.1 Å². The highest BCUT2D eigenvalue weighted by atomic mass is 16.3. The van der Waals surface area contributed by atoms with Crippen molar-refractivity contribution in [3.05, 3.63) is 188 Å². The zero-order chi connectivity index (χ0) is 37.2. The molecule has 0 aliphatic heterocycles. The van der Waals surface area contributed by atoms with Crippen LogP contribution >= 0.6 is 0 Å². The van der Waals surface area contributed by atoms with Crippen molar-refractivity contribution in [2.45, 2.75) is 0 Å². The second-order valence-corrected chi connectivity index (χ2v) is 14.8. The lowest BCUT2D eigenvalue weighted by molar-refractivity contribution is 0.651. The van der Waals surface area contributed by atoms with Crippen molar-refractivity contribution in [1.29, 1.82) is 0 Å². The highest BCUT2D eigenvalue weighted by molar-refractivity contribution is 6.13. The Morgan fingerprint density at radius 1 is 0.351 bits per heavy atom. The van der Waals surface area contributed by atoms with Gasteiger partial charge in [-0.3, -0.25) is 4.57 Å². The van der Waals surface area contributed by atoms with Gasteiger partial charge in [0, 0.05) is 44.0 Å². The van der Waals surface area contributed by atoms with Crippen LogP contribution < -0.4 is 0 Å². The number of hydrogen-bond donors (Lipinski definition) is 0. The maximum atomic E-state index is 6.46. The molecule has 6 nitrogen and oxygen atoms in total. The average Bonchev–Trinajstić information content (AvgIpc) is 4.06. The molecule has 13 aromatic rings. The molecule has 5 heterocycles. The Labute approximate surface area is 325 Å². The van der Waals surface area contributed by atoms with E-state index in [1.54, 1.807) is 0 Å². The van der Waals surface area contributed by atoms with Gasteiger partial charge in [-0.05, 0) is 108 Å². The Morgan fingerprint density at radius 2 is 0.860 bits per heavy atom. The molecule has 13 rings (SSSR count). The Balaban J connectivity index is 1.06. The van der Waals surface area contributed by atoms with Crippen LogP contribution in [0.15, 0.2) is 192 Å². The van der Waals surface area contributed by atoms with E-state index in [1.807, 2.05) is 18.2 Å². The first-order valence-electron chi connectivity index (χ1n) is 19.3. The molecule has 0 bridgehead atoms. The van der Waals surface area contributed by atoms with Crippen LogP contribution in [0.5, 0.6) is 0 Å². The van der Waals surface area contributed by atoms with Gasteiger partial charge in [-0.1, -0.05) is 91.0 Å². The minimum absolute atomic E-state index is 0.761. The summed E-state index contributed by atoms with van der Waals surface area (Å²) in [4.78, 5) is 5.26. The fourth-order valence-corrected chi connectivity index (χ4v) is 9.28. The molecule has 0 fully saturated rings. The highest BCUT2D eigenvalue weighted by Gasteiger charge is 2.23. The van der Waals surface area contributed by atoms with Gasteiger partial charge in [-0.25, -0.2) is 9.38 Å². The summed E-state index contributed by atoms with van der Waals surface area (Å²) in [7, 11) is 0. The zero-order valence-electron chi connectivity index (χ0n) is 30.5. The summed E-state index contributed by atoms with van der Waals surface area (Å²) < 4.78 is 15.6. The van der Waals surface area contributed by atoms with Gasteiger partial charge in [-0.15, -0.1) is 0 Å². The first-order chi connectivity index (χ1) is 28.3. The van der Waals surface area contributed by atoms with E-state index in [4.69, 9.17) is 9.40 Å². The molecule has 0 aliphatic rings. The Kier molecular flexibility index (Phi) is 6.07. The molecule has 5 aromatic heterocycles. The molecular formula is C51H31N5O. The molecule has 57 heavy (non-hydrogen) atoms. The van der Waals surface area contributed by atoms with E-state index in [2.05, 4.69) is 188 Å². The maximum absolute atomic E-state index is 6.46. The lowest BCUT2D eigenvalue weighted by Gasteiger charge is -2.09. The van der Waals surface area contributed by atoms with Crippen molar-refractivity contribution in [3.63, 3.8) is 0 Å². The molecule has 0 aliphatic carbocycles. The number of rotatable bonds is 4. The fraction of sp³-hybridized carbons (Fsp3) is 0. The Bertz CT molecular complexity index is 3750. The normalized spacial score (nSPS) is 12.2. The summed E-state index contributed by atoms with van der Waals surface area (Å²) in [6, 6.07) is 67.3. The molecule has 0 saturated heterocycles. The van der Waals surface area contributed by atoms with Gasteiger partial charge in [0.15, 0.2) is 0 Å². The maximum Gasteiger partial charge on any atom is 0.234 e. The number of fused-ring (bicyclic) bond motifs is 13. The third kappa shape index (κ3) is 4.21. The summed E-state index contributed by atoms with van der Waals surface area (Å²) in [5, 5.41) is 5.86. The van der Waals surface area contributed by atoms with E-state index in [-0.39, 0.29) is 0 Å². The number of benzene rings is 8. The zero-order valence-corrected chi connectivity index (χ0v) is 30.5. The first-order valence-corrected chi connectivity index (χ1v) is 19.3. The van der Waals surface area contributed by atoms with Crippen molar-refractivity contribution in [3.8, 4) is 28.2 Å². The van der Waals surface area contributed by atoms with Crippen LogP contribution in [-0.4, -0.2) is 23.1 Å². The summed E-state index contributed by atoms with van der Waals surface area (Å²) >= 11 is 0. The number of nitrogens with zero attached hydrogens (tertiary/aromatic N) is 5. The number of aromatic nitrogens is 5. The van der Waals surface area contributed by atoms with Crippen LogP contribution in [0.2, 0.25) is 0 Å². The van der Waals surface area contributed by atoms with Crippen LogP contribution in [0.3, 0.4) is 0 Å². The Morgan fingerprint density at radius 3 is 1.54 bits per heavy atom. The second-order valence-electron chi connectivity index (χ2n) is 14.8. The van der Waals surface area contributed by atoms with Gasteiger partial charge >= 0.3 is 0 Å². The van der Waals surface area contributed by atoms with Gasteiger partial charge in [-0.2, -0.15) is 0 Å². The Hall–Kier alpha value is -7.83. The molecule has 6 heteroatoms. The summed E-state index contributed by atoms with van der Waals surface area (Å²) in [6.45, 7) is 0. The van der Waals surface area contributed by atoms with Gasteiger partial charge in [0.2, 0.25) is 11.5 Å². The van der Waals surface area contributed by atoms with Gasteiger partial charge < -0.3 is 13.6 Å². The largest absolute Gasteiger partial charge is 0.437 e. The SMILES string of the molecule is c1ccc(-n2c3ccccc3c3cc(-c4ccc5c(c4)c4cc(-n6c7ccccc7n7c8oc9ccccc9c8nc67)ccc4n5-c4ccccc4)ccc32)cc1. The van der Waals surface area contributed by atoms with Crippen LogP contribution in [0.1, 0.15) is 0 Å². The molecule has 0 unspecified atom stereocenters. The molecule has 0 spiro atoms. The fourth-order valence-electron chi connectivity index (χ4n) is 9.28. The van der Waals surface area contributed by atoms with Crippen molar-refractivity contribution in [2.24, 2.45) is 0 Å². The van der Waals surface area contributed by atoms with Crippen molar-refractivity contribution >= 4 is 82.6 Å². The average molecular weight is 730 g/mol. The second kappa shape index (κ2) is 11.4. The molecular weight excluding hydrogens is 699 g/mol. The third-order valence-corrected chi connectivity index (χ3v) is 11.8. The van der Waals surface area contributed by atoms with Gasteiger partial charge in [0.25, 0.3) is 0 Å². The van der Waals surface area contributed by atoms with E-state index >= 15 is 0 Å². The summed E-state index contributed by atoms with van der Waals surface area (Å²) in [6.07, 6.45) is 0. The minimum Gasteiger partial charge on any atom is -0.437 e. The van der Waals surface area contributed by atoms with Crippen LogP contribution in [0.25, 0.3) is 111 Å². The number of para-hydroxylation sites is 6. The standard InChI is InChI=1S/C51H31N5O/c1-3-13-34(14-4-1)53-42-19-9-7-17-37(42)39-29-32(23-26-43(39)53)33-24-27-44-40(30-33)41-31-36(25-28-45(41)54(44)35-15-5-2-6-16-35)55-46-20-10-11-21-47(46)56-50-49(52-51(55)56)38-18-8-12-22-48(38)57-50/h1-31H. The van der Waals surface area contributed by atoms with E-state index in [0.717, 1.165) is 67.1 Å². The number of furan rings is 1. The first kappa shape index (κ1) is 30.5. The third-order valence-electron chi connectivity index (χ3n) is 11.8. The van der Waals surface area contributed by atoms with E-state index in [9.17, 15) is 0 Å².